The Balaban J connectivity index is 1.79. The number of rotatable bonds is 3. The Kier molecular flexibility index (Phi) is 3.69. The number of aliphatic hydroxyl groups excluding tert-OH is 1. The van der Waals surface area contributed by atoms with E-state index in [9.17, 15) is 9.59 Å². The molecule has 2 atom stereocenters. The first-order chi connectivity index (χ1) is 10.1. The number of ether oxygens (including phenoxy) is 2. The number of carbonyl (C=O) groups excluding carboxylic acids is 2. The van der Waals surface area contributed by atoms with Crippen molar-refractivity contribution in [2.75, 3.05) is 6.61 Å². The summed E-state index contributed by atoms with van der Waals surface area (Å²) in [5.41, 5.74) is 0. The Morgan fingerprint density at radius 3 is 2.81 bits per heavy atom. The van der Waals surface area contributed by atoms with Crippen LogP contribution in [0.4, 0.5) is 0 Å². The number of hydrogen-bond donors (Lipinski definition) is 1. The van der Waals surface area contributed by atoms with Gasteiger partial charge in [0.2, 0.25) is 5.91 Å². The molecule has 0 aromatic heterocycles. The average Bonchev–Trinajstić information content (AvgIpc) is 2.74. The van der Waals surface area contributed by atoms with Gasteiger partial charge < -0.3 is 14.6 Å². The van der Waals surface area contributed by atoms with Crippen LogP contribution < -0.4 is 4.74 Å². The molecule has 0 saturated carbocycles. The van der Waals surface area contributed by atoms with E-state index in [1.165, 1.54) is 11.0 Å². The molecule has 2 fully saturated rings. The van der Waals surface area contributed by atoms with Gasteiger partial charge in [0.15, 0.2) is 12.3 Å². The molecule has 1 aromatic carbocycles. The van der Waals surface area contributed by atoms with Crippen molar-refractivity contribution in [1.82, 2.24) is 4.90 Å². The van der Waals surface area contributed by atoms with Gasteiger partial charge in [-0.3, -0.25) is 9.69 Å². The summed E-state index contributed by atoms with van der Waals surface area (Å²) in [5, 5.41) is 8.99. The lowest BCUT2D eigenvalue weighted by molar-refractivity contribution is -0.162. The first kappa shape index (κ1) is 14.1. The van der Waals surface area contributed by atoms with Gasteiger partial charge >= 0.3 is 5.97 Å². The van der Waals surface area contributed by atoms with Crippen LogP contribution in [0, 0.1) is 0 Å². The van der Waals surface area contributed by atoms with Gasteiger partial charge in [-0.1, -0.05) is 15.9 Å². The number of halogens is 1. The van der Waals surface area contributed by atoms with Crippen molar-refractivity contribution in [3.05, 3.63) is 40.6 Å². The van der Waals surface area contributed by atoms with Crippen LogP contribution in [0.5, 0.6) is 5.75 Å². The van der Waals surface area contributed by atoms with E-state index >= 15 is 0 Å². The predicted molar refractivity (Wildman–Crippen MR) is 75.1 cm³/mol. The number of benzene rings is 1. The highest BCUT2D eigenvalue weighted by molar-refractivity contribution is 9.10. The summed E-state index contributed by atoms with van der Waals surface area (Å²) in [4.78, 5) is 25.2. The van der Waals surface area contributed by atoms with E-state index in [0.717, 1.165) is 4.47 Å². The van der Waals surface area contributed by atoms with E-state index in [2.05, 4.69) is 15.9 Å². The van der Waals surface area contributed by atoms with Gasteiger partial charge in [-0.2, -0.15) is 0 Å². The van der Waals surface area contributed by atoms with Crippen LogP contribution in [-0.4, -0.2) is 40.8 Å². The number of aliphatic hydroxyl groups is 1. The van der Waals surface area contributed by atoms with E-state index in [-0.39, 0.29) is 24.7 Å². The smallest absolute Gasteiger partial charge is 0.342 e. The molecule has 1 aromatic rings. The zero-order valence-electron chi connectivity index (χ0n) is 10.9. The van der Waals surface area contributed by atoms with Crippen LogP contribution in [0.25, 0.3) is 0 Å². The van der Waals surface area contributed by atoms with E-state index in [0.29, 0.717) is 5.75 Å². The van der Waals surface area contributed by atoms with E-state index in [4.69, 9.17) is 14.6 Å². The summed E-state index contributed by atoms with van der Waals surface area (Å²) in [7, 11) is 0. The standard InChI is InChI=1S/C14H12BrNO5/c15-8-1-3-9(4-2-8)20-14(19)13-10(5-6-17)21-12-7-11(18)16(12)13/h1-5,12-13,17H,6-7H2. The largest absolute Gasteiger partial charge is 0.472 e. The lowest BCUT2D eigenvalue weighted by atomic mass is 10.1. The fraction of sp³-hybridized carbons (Fsp3) is 0.286. The Morgan fingerprint density at radius 2 is 2.19 bits per heavy atom. The molecular weight excluding hydrogens is 342 g/mol. The normalized spacial score (nSPS) is 25.3. The minimum absolute atomic E-state index is 0.168. The third-order valence-corrected chi connectivity index (χ3v) is 3.84. The molecule has 2 saturated heterocycles. The SMILES string of the molecule is O=C(Oc1ccc(Br)cc1)C1C(=CCO)OC2CC(=O)N21. The minimum Gasteiger partial charge on any atom is -0.472 e. The van der Waals surface area contributed by atoms with E-state index < -0.39 is 18.2 Å². The topological polar surface area (TPSA) is 76.1 Å². The maximum Gasteiger partial charge on any atom is 0.342 e. The Morgan fingerprint density at radius 1 is 1.48 bits per heavy atom. The molecule has 1 N–H and O–H groups in total. The Bertz CT molecular complexity index is 612. The molecule has 2 aliphatic rings. The molecular formula is C14H12BrNO5. The van der Waals surface area contributed by atoms with Crippen LogP contribution >= 0.6 is 15.9 Å². The van der Waals surface area contributed by atoms with Crippen molar-refractivity contribution in [3.63, 3.8) is 0 Å². The van der Waals surface area contributed by atoms with Gasteiger partial charge in [-0.25, -0.2) is 4.79 Å². The average molecular weight is 354 g/mol. The maximum absolute atomic E-state index is 12.3. The van der Waals surface area contributed by atoms with Crippen molar-refractivity contribution in [2.24, 2.45) is 0 Å². The second-order valence-electron chi connectivity index (χ2n) is 4.64. The molecule has 6 nitrogen and oxygen atoms in total. The molecule has 0 aliphatic carbocycles. The first-order valence-electron chi connectivity index (χ1n) is 6.36. The second-order valence-corrected chi connectivity index (χ2v) is 5.56. The molecule has 21 heavy (non-hydrogen) atoms. The predicted octanol–water partition coefficient (Wildman–Crippen LogP) is 1.19. The second kappa shape index (κ2) is 5.50. The zero-order chi connectivity index (χ0) is 15.0. The Labute approximate surface area is 129 Å². The number of β-lactam (4-membered cyclic amide) rings is 1. The van der Waals surface area contributed by atoms with Crippen LogP contribution in [0.1, 0.15) is 6.42 Å². The van der Waals surface area contributed by atoms with Gasteiger partial charge in [0.05, 0.1) is 13.0 Å². The van der Waals surface area contributed by atoms with Crippen LogP contribution in [0.15, 0.2) is 40.6 Å². The first-order valence-corrected chi connectivity index (χ1v) is 7.15. The van der Waals surface area contributed by atoms with Crippen molar-refractivity contribution < 1.29 is 24.2 Å². The highest BCUT2D eigenvalue weighted by atomic mass is 79.9. The van der Waals surface area contributed by atoms with Crippen molar-refractivity contribution in [3.8, 4) is 5.75 Å². The van der Waals surface area contributed by atoms with Gasteiger partial charge in [-0.05, 0) is 30.3 Å². The third kappa shape index (κ3) is 2.54. The molecule has 110 valence electrons. The number of carbonyl (C=O) groups is 2. The summed E-state index contributed by atoms with van der Waals surface area (Å²) in [6.07, 6.45) is 1.18. The molecule has 2 unspecified atom stereocenters. The summed E-state index contributed by atoms with van der Waals surface area (Å²) in [6.45, 7) is -0.272. The number of nitrogens with zero attached hydrogens (tertiary/aromatic N) is 1. The molecule has 3 rings (SSSR count). The fourth-order valence-electron chi connectivity index (χ4n) is 2.32. The minimum atomic E-state index is -0.924. The van der Waals surface area contributed by atoms with Crippen molar-refractivity contribution in [2.45, 2.75) is 18.7 Å². The molecule has 0 radical (unpaired) electrons. The third-order valence-electron chi connectivity index (χ3n) is 3.32. The summed E-state index contributed by atoms with van der Waals surface area (Å²) < 4.78 is 11.6. The van der Waals surface area contributed by atoms with Gasteiger partial charge in [0.1, 0.15) is 11.5 Å². The van der Waals surface area contributed by atoms with E-state index in [1.54, 1.807) is 24.3 Å². The van der Waals surface area contributed by atoms with E-state index in [1.807, 2.05) is 0 Å². The van der Waals surface area contributed by atoms with Crippen LogP contribution in [-0.2, 0) is 14.3 Å². The zero-order valence-corrected chi connectivity index (χ0v) is 12.4. The van der Waals surface area contributed by atoms with Gasteiger partial charge in [0, 0.05) is 4.47 Å². The summed E-state index contributed by atoms with van der Waals surface area (Å²) in [6, 6.07) is 5.85. The van der Waals surface area contributed by atoms with Crippen LogP contribution in [0.2, 0.25) is 0 Å². The molecule has 0 bridgehead atoms. The molecule has 1 amide bonds. The van der Waals surface area contributed by atoms with Crippen molar-refractivity contribution >= 4 is 27.8 Å². The maximum atomic E-state index is 12.3. The quantitative estimate of drug-likeness (QED) is 0.501. The lowest BCUT2D eigenvalue weighted by Crippen LogP contribution is -2.55. The fourth-order valence-corrected chi connectivity index (χ4v) is 2.59. The number of amides is 1. The number of hydrogen-bond acceptors (Lipinski definition) is 5. The number of fused-ring (bicyclic) bond motifs is 1. The number of esters is 1. The molecule has 2 aliphatic heterocycles. The molecule has 0 spiro atoms. The van der Waals surface area contributed by atoms with Gasteiger partial charge in [-0.15, -0.1) is 0 Å². The highest BCUT2D eigenvalue weighted by Crippen LogP contribution is 2.36. The lowest BCUT2D eigenvalue weighted by Gasteiger charge is -2.33. The highest BCUT2D eigenvalue weighted by Gasteiger charge is 2.54. The van der Waals surface area contributed by atoms with Crippen LogP contribution in [0.3, 0.4) is 0 Å². The summed E-state index contributed by atoms with van der Waals surface area (Å²) in [5.74, 6) is -0.134. The molecule has 2 heterocycles. The summed E-state index contributed by atoms with van der Waals surface area (Å²) >= 11 is 3.29. The van der Waals surface area contributed by atoms with Gasteiger partial charge in [0.25, 0.3) is 0 Å². The molecule has 7 heteroatoms. The monoisotopic (exact) mass is 353 g/mol. The Hall–Kier alpha value is -1.86. The van der Waals surface area contributed by atoms with Crippen molar-refractivity contribution in [1.29, 1.82) is 0 Å².